The van der Waals surface area contributed by atoms with E-state index in [9.17, 15) is 13.2 Å². The fraction of sp³-hybridized carbons (Fsp3) is 0.625. The number of alkyl halides is 3. The standard InChI is InChI=1S/C8H10F3N3O/c9-8(10,11)7-5(3-13-14-7)6-4-15-2-1-12-6/h3,6,12H,1-2,4H2,(H,13,14). The zero-order valence-corrected chi connectivity index (χ0v) is 7.77. The van der Waals surface area contributed by atoms with Crippen molar-refractivity contribution in [3.05, 3.63) is 17.5 Å². The third-order valence-electron chi connectivity index (χ3n) is 2.25. The first-order valence-corrected chi connectivity index (χ1v) is 4.50. The lowest BCUT2D eigenvalue weighted by atomic mass is 10.1. The molecule has 1 aromatic heterocycles. The van der Waals surface area contributed by atoms with Crippen molar-refractivity contribution < 1.29 is 17.9 Å². The molecule has 1 atom stereocenters. The van der Waals surface area contributed by atoms with Gasteiger partial charge in [-0.1, -0.05) is 0 Å². The summed E-state index contributed by atoms with van der Waals surface area (Å²) in [6.45, 7) is 1.31. The highest BCUT2D eigenvalue weighted by Crippen LogP contribution is 2.33. The monoisotopic (exact) mass is 221 g/mol. The maximum atomic E-state index is 12.5. The number of aromatic nitrogens is 2. The zero-order chi connectivity index (χ0) is 10.9. The predicted molar refractivity (Wildman–Crippen MR) is 45.2 cm³/mol. The van der Waals surface area contributed by atoms with Crippen LogP contribution >= 0.6 is 0 Å². The molecule has 0 aliphatic carbocycles. The minimum Gasteiger partial charge on any atom is -0.378 e. The molecule has 1 saturated heterocycles. The van der Waals surface area contributed by atoms with Crippen molar-refractivity contribution in [1.29, 1.82) is 0 Å². The van der Waals surface area contributed by atoms with Gasteiger partial charge in [-0.15, -0.1) is 0 Å². The van der Waals surface area contributed by atoms with Crippen molar-refractivity contribution in [2.24, 2.45) is 0 Å². The Morgan fingerprint density at radius 3 is 2.87 bits per heavy atom. The van der Waals surface area contributed by atoms with E-state index in [-0.39, 0.29) is 12.2 Å². The topological polar surface area (TPSA) is 49.9 Å². The molecule has 0 spiro atoms. The minimum absolute atomic E-state index is 0.113. The molecule has 84 valence electrons. The third kappa shape index (κ3) is 2.13. The minimum atomic E-state index is -4.40. The summed E-state index contributed by atoms with van der Waals surface area (Å²) in [7, 11) is 0. The van der Waals surface area contributed by atoms with Gasteiger partial charge in [-0.3, -0.25) is 5.10 Å². The summed E-state index contributed by atoms with van der Waals surface area (Å²) in [5.74, 6) is 0. The van der Waals surface area contributed by atoms with Crippen LogP contribution in [0.1, 0.15) is 17.3 Å². The molecule has 2 N–H and O–H groups in total. The van der Waals surface area contributed by atoms with Gasteiger partial charge in [-0.05, 0) is 0 Å². The van der Waals surface area contributed by atoms with E-state index in [0.717, 1.165) is 0 Å². The van der Waals surface area contributed by atoms with Gasteiger partial charge in [0, 0.05) is 12.1 Å². The van der Waals surface area contributed by atoms with E-state index in [0.29, 0.717) is 13.2 Å². The van der Waals surface area contributed by atoms with Gasteiger partial charge in [-0.2, -0.15) is 18.3 Å². The Balaban J connectivity index is 2.24. The van der Waals surface area contributed by atoms with Crippen molar-refractivity contribution in [2.45, 2.75) is 12.2 Å². The van der Waals surface area contributed by atoms with Gasteiger partial charge in [0.15, 0.2) is 0 Å². The van der Waals surface area contributed by atoms with Crippen LogP contribution in [0.5, 0.6) is 0 Å². The Kier molecular flexibility index (Phi) is 2.66. The maximum Gasteiger partial charge on any atom is 0.433 e. The Morgan fingerprint density at radius 1 is 1.47 bits per heavy atom. The second-order valence-corrected chi connectivity index (χ2v) is 3.28. The van der Waals surface area contributed by atoms with E-state index in [1.54, 1.807) is 0 Å². The van der Waals surface area contributed by atoms with Crippen LogP contribution in [0.25, 0.3) is 0 Å². The molecule has 0 amide bonds. The Bertz CT molecular complexity index is 330. The quantitative estimate of drug-likeness (QED) is 0.746. The molecule has 1 fully saturated rings. The van der Waals surface area contributed by atoms with Crippen LogP contribution in [0.3, 0.4) is 0 Å². The molecule has 1 aromatic rings. The highest BCUT2D eigenvalue weighted by molar-refractivity contribution is 5.23. The molecule has 2 rings (SSSR count). The molecule has 7 heteroatoms. The lowest BCUT2D eigenvalue weighted by Crippen LogP contribution is -2.35. The summed E-state index contributed by atoms with van der Waals surface area (Å²) in [4.78, 5) is 0. The number of halogens is 3. The molecule has 1 unspecified atom stereocenters. The van der Waals surface area contributed by atoms with Crippen molar-refractivity contribution in [1.82, 2.24) is 15.5 Å². The highest BCUT2D eigenvalue weighted by Gasteiger charge is 2.37. The summed E-state index contributed by atoms with van der Waals surface area (Å²) in [5.41, 5.74) is -0.687. The first kappa shape index (κ1) is 10.4. The number of aromatic amines is 1. The number of hydrogen-bond donors (Lipinski definition) is 2. The van der Waals surface area contributed by atoms with Gasteiger partial charge in [0.1, 0.15) is 5.69 Å². The van der Waals surface area contributed by atoms with Crippen LogP contribution in [0.4, 0.5) is 13.2 Å². The fourth-order valence-electron chi connectivity index (χ4n) is 1.55. The largest absolute Gasteiger partial charge is 0.433 e. The van der Waals surface area contributed by atoms with E-state index in [1.807, 2.05) is 5.10 Å². The third-order valence-corrected chi connectivity index (χ3v) is 2.25. The SMILES string of the molecule is FC(F)(F)c1[nH]ncc1C1COCCN1. The first-order chi connectivity index (χ1) is 7.09. The summed E-state index contributed by atoms with van der Waals surface area (Å²) < 4.78 is 42.6. The summed E-state index contributed by atoms with van der Waals surface area (Å²) in [5, 5.41) is 8.34. The molecule has 0 bridgehead atoms. The number of rotatable bonds is 1. The summed E-state index contributed by atoms with van der Waals surface area (Å²) in [6, 6.07) is -0.436. The average molecular weight is 221 g/mol. The van der Waals surface area contributed by atoms with Crippen molar-refractivity contribution in [2.75, 3.05) is 19.8 Å². The molecule has 1 aliphatic heterocycles. The molecule has 2 heterocycles. The molecular formula is C8H10F3N3O. The van der Waals surface area contributed by atoms with Gasteiger partial charge >= 0.3 is 6.18 Å². The normalized spacial score (nSPS) is 23.0. The second kappa shape index (κ2) is 3.82. The van der Waals surface area contributed by atoms with Gasteiger partial charge in [0.05, 0.1) is 25.5 Å². The van der Waals surface area contributed by atoms with E-state index in [2.05, 4.69) is 10.4 Å². The average Bonchev–Trinajstić information content (AvgIpc) is 2.67. The fourth-order valence-corrected chi connectivity index (χ4v) is 1.55. The summed E-state index contributed by atoms with van der Waals surface area (Å²) >= 11 is 0. The smallest absolute Gasteiger partial charge is 0.378 e. The Hall–Kier alpha value is -1.08. The van der Waals surface area contributed by atoms with Crippen molar-refractivity contribution in [3.8, 4) is 0 Å². The zero-order valence-electron chi connectivity index (χ0n) is 7.77. The Labute approximate surface area is 83.8 Å². The molecule has 15 heavy (non-hydrogen) atoms. The number of nitrogens with zero attached hydrogens (tertiary/aromatic N) is 1. The maximum absolute atomic E-state index is 12.5. The molecular weight excluding hydrogens is 211 g/mol. The van der Waals surface area contributed by atoms with Gasteiger partial charge in [0.2, 0.25) is 0 Å². The van der Waals surface area contributed by atoms with Crippen LogP contribution in [0.15, 0.2) is 6.20 Å². The molecule has 4 nitrogen and oxygen atoms in total. The van der Waals surface area contributed by atoms with Crippen molar-refractivity contribution in [3.63, 3.8) is 0 Å². The van der Waals surface area contributed by atoms with E-state index in [1.165, 1.54) is 6.20 Å². The Morgan fingerprint density at radius 2 is 2.27 bits per heavy atom. The van der Waals surface area contributed by atoms with Gasteiger partial charge in [0.25, 0.3) is 0 Å². The summed E-state index contributed by atoms with van der Waals surface area (Å²) in [6.07, 6.45) is -3.21. The van der Waals surface area contributed by atoms with Crippen LogP contribution in [-0.2, 0) is 10.9 Å². The molecule has 0 radical (unpaired) electrons. The molecule has 1 aliphatic rings. The first-order valence-electron chi connectivity index (χ1n) is 4.50. The lowest BCUT2D eigenvalue weighted by Gasteiger charge is -2.24. The number of hydrogen-bond acceptors (Lipinski definition) is 3. The molecule has 0 aromatic carbocycles. The number of morpholine rings is 1. The highest BCUT2D eigenvalue weighted by atomic mass is 19.4. The second-order valence-electron chi connectivity index (χ2n) is 3.28. The number of ether oxygens (including phenoxy) is 1. The number of nitrogens with one attached hydrogen (secondary N) is 2. The van der Waals surface area contributed by atoms with Gasteiger partial charge < -0.3 is 10.1 Å². The van der Waals surface area contributed by atoms with Crippen LogP contribution in [0.2, 0.25) is 0 Å². The number of H-pyrrole nitrogens is 1. The predicted octanol–water partition coefficient (Wildman–Crippen LogP) is 1.09. The van der Waals surface area contributed by atoms with Crippen LogP contribution in [-0.4, -0.2) is 30.0 Å². The van der Waals surface area contributed by atoms with E-state index < -0.39 is 17.9 Å². The van der Waals surface area contributed by atoms with E-state index in [4.69, 9.17) is 4.74 Å². The van der Waals surface area contributed by atoms with Gasteiger partial charge in [-0.25, -0.2) is 0 Å². The van der Waals surface area contributed by atoms with Crippen molar-refractivity contribution >= 4 is 0 Å². The van der Waals surface area contributed by atoms with Crippen LogP contribution in [0, 0.1) is 0 Å². The lowest BCUT2D eigenvalue weighted by molar-refractivity contribution is -0.142. The molecule has 0 saturated carbocycles. The van der Waals surface area contributed by atoms with Crippen LogP contribution < -0.4 is 5.32 Å². The van der Waals surface area contributed by atoms with E-state index >= 15 is 0 Å².